The molecule has 2 fully saturated rings. The van der Waals surface area contributed by atoms with Crippen molar-refractivity contribution in [3.8, 4) is 0 Å². The molecule has 0 spiro atoms. The zero-order valence-electron chi connectivity index (χ0n) is 12.4. The number of hydrogen-bond acceptors (Lipinski definition) is 3. The first kappa shape index (κ1) is 14.8. The Morgan fingerprint density at radius 1 is 1.26 bits per heavy atom. The highest BCUT2D eigenvalue weighted by Gasteiger charge is 2.26. The highest BCUT2D eigenvalue weighted by atomic mass is 16.5. The Morgan fingerprint density at radius 2 is 2.00 bits per heavy atom. The molecule has 19 heavy (non-hydrogen) atoms. The fraction of sp³-hybridized carbons (Fsp3) is 0.933. The van der Waals surface area contributed by atoms with Gasteiger partial charge in [-0.2, -0.15) is 0 Å². The first-order valence-electron chi connectivity index (χ1n) is 7.68. The van der Waals surface area contributed by atoms with Gasteiger partial charge in [0.1, 0.15) is 0 Å². The number of piperidine rings is 1. The van der Waals surface area contributed by atoms with Gasteiger partial charge in [0.25, 0.3) is 0 Å². The second-order valence-corrected chi connectivity index (χ2v) is 6.22. The van der Waals surface area contributed by atoms with E-state index in [1.165, 1.54) is 19.4 Å². The standard InChI is InChI=1S/C15H28N2O2/c1-17-9-3-4-12(11-17)10-16-15(18)13-5-7-14(19-2)8-6-13/h12-14H,3-11H2,1-2H3,(H,16,18)/t12-,13?,14?/m0/s1. The average Bonchev–Trinajstić information content (AvgIpc) is 2.45. The normalized spacial score (nSPS) is 33.1. The van der Waals surface area contributed by atoms with E-state index in [9.17, 15) is 4.79 Å². The number of nitrogens with zero attached hydrogens (tertiary/aromatic N) is 1. The molecule has 1 amide bonds. The molecule has 4 heteroatoms. The van der Waals surface area contributed by atoms with Crippen molar-refractivity contribution in [2.75, 3.05) is 33.8 Å². The number of carbonyl (C=O) groups is 1. The molecule has 1 heterocycles. The zero-order valence-corrected chi connectivity index (χ0v) is 12.4. The van der Waals surface area contributed by atoms with E-state index in [1.807, 2.05) is 0 Å². The van der Waals surface area contributed by atoms with Crippen LogP contribution in [0.1, 0.15) is 38.5 Å². The van der Waals surface area contributed by atoms with Crippen molar-refractivity contribution in [3.63, 3.8) is 0 Å². The van der Waals surface area contributed by atoms with Crippen LogP contribution in [0.3, 0.4) is 0 Å². The number of hydrogen-bond donors (Lipinski definition) is 1. The van der Waals surface area contributed by atoms with Crippen LogP contribution in [0.4, 0.5) is 0 Å². The third-order valence-electron chi connectivity index (χ3n) is 4.67. The molecule has 1 saturated carbocycles. The van der Waals surface area contributed by atoms with E-state index in [2.05, 4.69) is 17.3 Å². The molecule has 2 aliphatic rings. The van der Waals surface area contributed by atoms with Crippen LogP contribution in [-0.4, -0.2) is 50.7 Å². The number of rotatable bonds is 4. The Morgan fingerprint density at radius 3 is 2.63 bits per heavy atom. The van der Waals surface area contributed by atoms with Crippen LogP contribution in [0.5, 0.6) is 0 Å². The molecule has 0 bridgehead atoms. The SMILES string of the molecule is COC1CCC(C(=O)NC[C@@H]2CCCN(C)C2)CC1. The van der Waals surface area contributed by atoms with Gasteiger partial charge in [0, 0.05) is 26.1 Å². The van der Waals surface area contributed by atoms with Crippen molar-refractivity contribution < 1.29 is 9.53 Å². The topological polar surface area (TPSA) is 41.6 Å². The minimum Gasteiger partial charge on any atom is -0.381 e. The molecule has 1 aliphatic heterocycles. The monoisotopic (exact) mass is 268 g/mol. The Hall–Kier alpha value is -0.610. The smallest absolute Gasteiger partial charge is 0.223 e. The lowest BCUT2D eigenvalue weighted by molar-refractivity contribution is -0.127. The van der Waals surface area contributed by atoms with Gasteiger partial charge in [-0.05, 0) is 58.0 Å². The highest BCUT2D eigenvalue weighted by molar-refractivity contribution is 5.78. The second-order valence-electron chi connectivity index (χ2n) is 6.22. The molecule has 0 aromatic carbocycles. The quantitative estimate of drug-likeness (QED) is 0.843. The van der Waals surface area contributed by atoms with E-state index in [0.717, 1.165) is 38.8 Å². The van der Waals surface area contributed by atoms with Crippen LogP contribution < -0.4 is 5.32 Å². The predicted octanol–water partition coefficient (Wildman–Crippen LogP) is 1.65. The third kappa shape index (κ3) is 4.46. The van der Waals surface area contributed by atoms with Crippen molar-refractivity contribution in [3.05, 3.63) is 0 Å². The van der Waals surface area contributed by atoms with Crippen LogP contribution in [0, 0.1) is 11.8 Å². The number of methoxy groups -OCH3 is 1. The molecule has 1 aliphatic carbocycles. The lowest BCUT2D eigenvalue weighted by Gasteiger charge is -2.31. The van der Waals surface area contributed by atoms with Gasteiger partial charge in [-0.25, -0.2) is 0 Å². The Kier molecular flexibility index (Phi) is 5.64. The Balaban J connectivity index is 1.67. The first-order valence-corrected chi connectivity index (χ1v) is 7.68. The molecule has 0 aromatic rings. The summed E-state index contributed by atoms with van der Waals surface area (Å²) >= 11 is 0. The van der Waals surface area contributed by atoms with Gasteiger partial charge in [-0.3, -0.25) is 4.79 Å². The molecule has 0 radical (unpaired) electrons. The van der Waals surface area contributed by atoms with Crippen molar-refractivity contribution in [1.29, 1.82) is 0 Å². The Bertz CT molecular complexity index is 288. The van der Waals surface area contributed by atoms with Gasteiger partial charge < -0.3 is 15.0 Å². The molecular weight excluding hydrogens is 240 g/mol. The van der Waals surface area contributed by atoms with E-state index >= 15 is 0 Å². The van der Waals surface area contributed by atoms with Crippen LogP contribution in [-0.2, 0) is 9.53 Å². The summed E-state index contributed by atoms with van der Waals surface area (Å²) in [4.78, 5) is 14.5. The fourth-order valence-electron chi connectivity index (χ4n) is 3.39. The summed E-state index contributed by atoms with van der Waals surface area (Å²) in [6, 6.07) is 0. The molecule has 1 N–H and O–H groups in total. The number of likely N-dealkylation sites (tertiary alicyclic amines) is 1. The van der Waals surface area contributed by atoms with Crippen molar-refractivity contribution in [2.24, 2.45) is 11.8 Å². The summed E-state index contributed by atoms with van der Waals surface area (Å²) in [5, 5.41) is 3.17. The van der Waals surface area contributed by atoms with Crippen LogP contribution in [0.15, 0.2) is 0 Å². The van der Waals surface area contributed by atoms with Gasteiger partial charge in [0.2, 0.25) is 5.91 Å². The third-order valence-corrected chi connectivity index (χ3v) is 4.67. The van der Waals surface area contributed by atoms with Crippen LogP contribution in [0.25, 0.3) is 0 Å². The van der Waals surface area contributed by atoms with Crippen molar-refractivity contribution >= 4 is 5.91 Å². The molecule has 4 nitrogen and oxygen atoms in total. The average molecular weight is 268 g/mol. The van der Waals surface area contributed by atoms with E-state index < -0.39 is 0 Å². The van der Waals surface area contributed by atoms with Crippen molar-refractivity contribution in [2.45, 2.75) is 44.6 Å². The van der Waals surface area contributed by atoms with Gasteiger partial charge in [0.15, 0.2) is 0 Å². The van der Waals surface area contributed by atoms with Crippen LogP contribution >= 0.6 is 0 Å². The summed E-state index contributed by atoms with van der Waals surface area (Å²) in [6.45, 7) is 3.18. The highest BCUT2D eigenvalue weighted by Crippen LogP contribution is 2.26. The molecule has 2 rings (SSSR count). The summed E-state index contributed by atoms with van der Waals surface area (Å²) in [5.41, 5.74) is 0. The summed E-state index contributed by atoms with van der Waals surface area (Å²) in [7, 11) is 3.94. The maximum atomic E-state index is 12.2. The van der Waals surface area contributed by atoms with E-state index in [4.69, 9.17) is 4.74 Å². The molecular formula is C15H28N2O2. The van der Waals surface area contributed by atoms with E-state index in [0.29, 0.717) is 12.0 Å². The fourth-order valence-corrected chi connectivity index (χ4v) is 3.39. The minimum atomic E-state index is 0.215. The van der Waals surface area contributed by atoms with Gasteiger partial charge in [0.05, 0.1) is 6.10 Å². The number of carbonyl (C=O) groups excluding carboxylic acids is 1. The van der Waals surface area contributed by atoms with Crippen molar-refractivity contribution in [1.82, 2.24) is 10.2 Å². The molecule has 0 unspecified atom stereocenters. The molecule has 1 atom stereocenters. The Labute approximate surface area is 116 Å². The number of amides is 1. The number of nitrogens with one attached hydrogen (secondary N) is 1. The maximum Gasteiger partial charge on any atom is 0.223 e. The lowest BCUT2D eigenvalue weighted by Crippen LogP contribution is -2.41. The predicted molar refractivity (Wildman–Crippen MR) is 76.0 cm³/mol. The van der Waals surface area contributed by atoms with Gasteiger partial charge in [-0.1, -0.05) is 0 Å². The van der Waals surface area contributed by atoms with Gasteiger partial charge >= 0.3 is 0 Å². The number of ether oxygens (including phenoxy) is 1. The van der Waals surface area contributed by atoms with E-state index in [1.54, 1.807) is 7.11 Å². The van der Waals surface area contributed by atoms with E-state index in [-0.39, 0.29) is 11.8 Å². The molecule has 1 saturated heterocycles. The second kappa shape index (κ2) is 7.25. The van der Waals surface area contributed by atoms with Crippen LogP contribution in [0.2, 0.25) is 0 Å². The summed E-state index contributed by atoms with van der Waals surface area (Å²) in [6.07, 6.45) is 6.90. The molecule has 110 valence electrons. The first-order chi connectivity index (χ1) is 9.19. The summed E-state index contributed by atoms with van der Waals surface area (Å²) < 4.78 is 5.35. The minimum absolute atomic E-state index is 0.215. The summed E-state index contributed by atoms with van der Waals surface area (Å²) in [5.74, 6) is 1.12. The van der Waals surface area contributed by atoms with Gasteiger partial charge in [-0.15, -0.1) is 0 Å². The molecule has 0 aromatic heterocycles. The largest absolute Gasteiger partial charge is 0.381 e. The lowest BCUT2D eigenvalue weighted by atomic mass is 9.86. The zero-order chi connectivity index (χ0) is 13.7. The maximum absolute atomic E-state index is 12.2.